The maximum absolute atomic E-state index is 6.70. The number of hydrogen-bond donors (Lipinski definition) is 0. The monoisotopic (exact) mass is 235 g/mol. The zero-order chi connectivity index (χ0) is 13.3. The Morgan fingerprint density at radius 1 is 1.35 bits per heavy atom. The molecule has 0 aromatic carbocycles. The molecule has 1 aliphatic rings. The Balaban J connectivity index is 2.94. The predicted octanol–water partition coefficient (Wildman–Crippen LogP) is 3.75. The van der Waals surface area contributed by atoms with Crippen LogP contribution in [0.4, 0.5) is 0 Å². The molecule has 1 fully saturated rings. The van der Waals surface area contributed by atoms with Crippen LogP contribution in [0.3, 0.4) is 0 Å². The molecule has 17 heavy (non-hydrogen) atoms. The van der Waals surface area contributed by atoms with Crippen LogP contribution < -0.4 is 0 Å². The second-order valence-electron chi connectivity index (χ2n) is 7.41. The summed E-state index contributed by atoms with van der Waals surface area (Å²) >= 11 is 0. The topological polar surface area (TPSA) is 3.24 Å². The second kappa shape index (κ2) is 5.34. The van der Waals surface area contributed by atoms with Crippen molar-refractivity contribution in [2.24, 2.45) is 17.3 Å². The fraction of sp³-hybridized carbons (Fsp3) is 1.00. The van der Waals surface area contributed by atoms with Gasteiger partial charge in [0, 0.05) is 6.54 Å². The number of hydrogen-bond acceptors (Lipinski definition) is 1. The minimum atomic E-state index is -0.0502. The highest BCUT2D eigenvalue weighted by Gasteiger charge is 2.42. The normalized spacial score (nSPS) is 41.2. The largest absolute Gasteiger partial charge is 0.306 e. The van der Waals surface area contributed by atoms with Gasteiger partial charge in [0.05, 0.1) is 7.85 Å². The summed E-state index contributed by atoms with van der Waals surface area (Å²) in [5.41, 5.74) is 0.227. The lowest BCUT2D eigenvalue weighted by Crippen LogP contribution is -2.45. The fourth-order valence-corrected chi connectivity index (χ4v) is 3.57. The van der Waals surface area contributed by atoms with Gasteiger partial charge in [-0.25, -0.2) is 0 Å². The fourth-order valence-electron chi connectivity index (χ4n) is 3.57. The van der Waals surface area contributed by atoms with Crippen molar-refractivity contribution in [1.29, 1.82) is 0 Å². The summed E-state index contributed by atoms with van der Waals surface area (Å²) in [5.74, 6) is 1.45. The van der Waals surface area contributed by atoms with Crippen LogP contribution >= 0.6 is 0 Å². The van der Waals surface area contributed by atoms with Gasteiger partial charge >= 0.3 is 0 Å². The SMILES string of the molecule is [B]C1(C)CC(C)CCN(C)CC1(C)CC(C)C. The molecular formula is C15H30BN. The first-order valence-electron chi connectivity index (χ1n) is 7.14. The second-order valence-corrected chi connectivity index (χ2v) is 7.41. The number of likely N-dealkylation sites (tertiary alicyclic amines) is 1. The van der Waals surface area contributed by atoms with Crippen LogP contribution in [-0.4, -0.2) is 32.9 Å². The van der Waals surface area contributed by atoms with Crippen molar-refractivity contribution in [2.75, 3.05) is 20.1 Å². The van der Waals surface area contributed by atoms with Gasteiger partial charge in [0.2, 0.25) is 0 Å². The molecule has 0 aromatic rings. The molecular weight excluding hydrogens is 205 g/mol. The summed E-state index contributed by atoms with van der Waals surface area (Å²) in [6, 6.07) is 0. The van der Waals surface area contributed by atoms with Crippen LogP contribution in [-0.2, 0) is 0 Å². The molecule has 0 aromatic heterocycles. The summed E-state index contributed by atoms with van der Waals surface area (Å²) in [4.78, 5) is 2.48. The van der Waals surface area contributed by atoms with Gasteiger partial charge in [-0.15, -0.1) is 0 Å². The van der Waals surface area contributed by atoms with Crippen molar-refractivity contribution in [3.63, 3.8) is 0 Å². The first kappa shape index (κ1) is 15.1. The Labute approximate surface area is 110 Å². The lowest BCUT2D eigenvalue weighted by Gasteiger charge is -2.51. The van der Waals surface area contributed by atoms with Gasteiger partial charge in [-0.3, -0.25) is 0 Å². The molecule has 0 aliphatic carbocycles. The molecule has 2 radical (unpaired) electrons. The maximum Gasteiger partial charge on any atom is 0.0750 e. The Bertz CT molecular complexity index is 249. The van der Waals surface area contributed by atoms with Crippen LogP contribution in [0.1, 0.15) is 53.9 Å². The van der Waals surface area contributed by atoms with Gasteiger partial charge in [-0.05, 0) is 43.7 Å². The van der Waals surface area contributed by atoms with E-state index in [4.69, 9.17) is 7.85 Å². The van der Waals surface area contributed by atoms with E-state index >= 15 is 0 Å². The molecule has 2 heteroatoms. The van der Waals surface area contributed by atoms with Gasteiger partial charge in [0.25, 0.3) is 0 Å². The summed E-state index contributed by atoms with van der Waals surface area (Å²) in [6.07, 6.45) is 3.65. The van der Waals surface area contributed by atoms with E-state index in [1.807, 2.05) is 0 Å². The lowest BCUT2D eigenvalue weighted by atomic mass is 9.48. The predicted molar refractivity (Wildman–Crippen MR) is 77.6 cm³/mol. The van der Waals surface area contributed by atoms with Gasteiger partial charge in [-0.1, -0.05) is 46.4 Å². The van der Waals surface area contributed by atoms with E-state index in [1.165, 1.54) is 19.4 Å². The number of rotatable bonds is 2. The van der Waals surface area contributed by atoms with E-state index in [0.29, 0.717) is 5.92 Å². The minimum absolute atomic E-state index is 0.0502. The third-order valence-corrected chi connectivity index (χ3v) is 4.63. The first-order chi connectivity index (χ1) is 7.66. The van der Waals surface area contributed by atoms with Crippen molar-refractivity contribution in [3.8, 4) is 0 Å². The Morgan fingerprint density at radius 3 is 2.47 bits per heavy atom. The Kier molecular flexibility index (Phi) is 4.74. The first-order valence-corrected chi connectivity index (χ1v) is 7.14. The van der Waals surface area contributed by atoms with Crippen molar-refractivity contribution in [3.05, 3.63) is 0 Å². The summed E-state index contributed by atoms with van der Waals surface area (Å²) < 4.78 is 0. The average Bonchev–Trinajstić information content (AvgIpc) is 2.11. The van der Waals surface area contributed by atoms with E-state index in [2.05, 4.69) is 46.6 Å². The summed E-state index contributed by atoms with van der Waals surface area (Å²) in [6.45, 7) is 14.0. The lowest BCUT2D eigenvalue weighted by molar-refractivity contribution is 0.0747. The van der Waals surface area contributed by atoms with E-state index < -0.39 is 0 Å². The molecule has 3 atom stereocenters. The van der Waals surface area contributed by atoms with Crippen LogP contribution in [0.15, 0.2) is 0 Å². The highest BCUT2D eigenvalue weighted by Crippen LogP contribution is 2.52. The molecule has 0 amide bonds. The molecule has 0 saturated carbocycles. The van der Waals surface area contributed by atoms with Crippen molar-refractivity contribution in [1.82, 2.24) is 4.90 Å². The third kappa shape index (κ3) is 3.74. The molecule has 1 nitrogen and oxygen atoms in total. The van der Waals surface area contributed by atoms with E-state index in [9.17, 15) is 0 Å². The molecule has 0 spiro atoms. The molecule has 0 N–H and O–H groups in total. The summed E-state index contributed by atoms with van der Waals surface area (Å²) in [7, 11) is 8.94. The van der Waals surface area contributed by atoms with Crippen molar-refractivity contribution < 1.29 is 0 Å². The highest BCUT2D eigenvalue weighted by atomic mass is 15.1. The van der Waals surface area contributed by atoms with E-state index in [-0.39, 0.29) is 10.7 Å². The van der Waals surface area contributed by atoms with Crippen LogP contribution in [0.5, 0.6) is 0 Å². The molecule has 0 bridgehead atoms. The van der Waals surface area contributed by atoms with Gasteiger partial charge < -0.3 is 4.90 Å². The Hall–Kier alpha value is 0.0249. The van der Waals surface area contributed by atoms with Crippen LogP contribution in [0.2, 0.25) is 5.31 Å². The standard InChI is InChI=1S/C15H30BN/c1-12(2)9-14(4)11-17(6)8-7-13(3)10-15(14,5)16/h12-13H,7-11H2,1-6H3. The maximum atomic E-state index is 6.70. The van der Waals surface area contributed by atoms with Crippen molar-refractivity contribution in [2.45, 2.75) is 59.2 Å². The molecule has 3 unspecified atom stereocenters. The third-order valence-electron chi connectivity index (χ3n) is 4.63. The van der Waals surface area contributed by atoms with E-state index in [0.717, 1.165) is 18.9 Å². The Morgan fingerprint density at radius 2 is 1.94 bits per heavy atom. The zero-order valence-corrected chi connectivity index (χ0v) is 12.7. The quantitative estimate of drug-likeness (QED) is 0.659. The average molecular weight is 235 g/mol. The molecule has 1 heterocycles. The van der Waals surface area contributed by atoms with Gasteiger partial charge in [-0.2, -0.15) is 0 Å². The van der Waals surface area contributed by atoms with Crippen LogP contribution in [0.25, 0.3) is 0 Å². The van der Waals surface area contributed by atoms with Gasteiger partial charge in [0.15, 0.2) is 0 Å². The summed E-state index contributed by atoms with van der Waals surface area (Å²) in [5, 5.41) is -0.0502. The van der Waals surface area contributed by atoms with Crippen molar-refractivity contribution >= 4 is 7.85 Å². The molecule has 1 aliphatic heterocycles. The van der Waals surface area contributed by atoms with Gasteiger partial charge in [0.1, 0.15) is 0 Å². The number of nitrogens with zero attached hydrogens (tertiary/aromatic N) is 1. The molecule has 1 rings (SSSR count). The van der Waals surface area contributed by atoms with Crippen LogP contribution in [0, 0.1) is 17.3 Å². The molecule has 98 valence electrons. The highest BCUT2D eigenvalue weighted by molar-refractivity contribution is 6.15. The molecule has 1 saturated heterocycles. The zero-order valence-electron chi connectivity index (χ0n) is 12.7. The smallest absolute Gasteiger partial charge is 0.0750 e. The van der Waals surface area contributed by atoms with E-state index in [1.54, 1.807) is 0 Å². The minimum Gasteiger partial charge on any atom is -0.306 e.